The van der Waals surface area contributed by atoms with Crippen molar-refractivity contribution in [1.29, 1.82) is 0 Å². The number of benzene rings is 1. The summed E-state index contributed by atoms with van der Waals surface area (Å²) in [6.07, 6.45) is 1.73. The van der Waals surface area contributed by atoms with Gasteiger partial charge in [-0.25, -0.2) is 13.8 Å². The normalized spacial score (nSPS) is 17.3. The highest BCUT2D eigenvalue weighted by molar-refractivity contribution is 7.13. The molecule has 1 fully saturated rings. The minimum atomic E-state index is -2.53. The van der Waals surface area contributed by atoms with Crippen LogP contribution in [0.3, 0.4) is 0 Å². The zero-order valence-corrected chi connectivity index (χ0v) is 10.3. The molecule has 0 amide bonds. The van der Waals surface area contributed by atoms with Crippen LogP contribution in [0.25, 0.3) is 0 Å². The summed E-state index contributed by atoms with van der Waals surface area (Å²) in [4.78, 5) is 5.77. The lowest BCUT2D eigenvalue weighted by molar-refractivity contribution is -0.0262. The molecule has 0 saturated carbocycles. The maximum atomic E-state index is 12.7. The van der Waals surface area contributed by atoms with Gasteiger partial charge in [0.25, 0.3) is 5.92 Å². The number of aromatic nitrogens is 1. The number of anilines is 3. The first-order valence-electron chi connectivity index (χ1n) is 5.52. The van der Waals surface area contributed by atoms with E-state index in [1.165, 1.54) is 11.3 Å². The average Bonchev–Trinajstić information content (AvgIpc) is 2.80. The maximum absolute atomic E-state index is 12.7. The van der Waals surface area contributed by atoms with E-state index in [2.05, 4.69) is 10.3 Å². The van der Waals surface area contributed by atoms with Crippen LogP contribution >= 0.6 is 11.3 Å². The second-order valence-electron chi connectivity index (χ2n) is 4.22. The minimum absolute atomic E-state index is 0.188. The standard InChI is InChI=1S/C12H11F2N3S/c13-12(14)7-17(8-12)10-3-1-9(2-4-10)16-11-15-5-6-18-11/h1-6H,7-8H2,(H,15,16). The molecule has 1 aliphatic rings. The molecule has 0 atom stereocenters. The average molecular weight is 267 g/mol. The third-order valence-corrected chi connectivity index (χ3v) is 3.45. The molecule has 2 aromatic rings. The molecule has 0 aliphatic carbocycles. The molecule has 0 unspecified atom stereocenters. The fourth-order valence-electron chi connectivity index (χ4n) is 1.86. The number of hydrogen-bond acceptors (Lipinski definition) is 4. The minimum Gasteiger partial charge on any atom is -0.359 e. The van der Waals surface area contributed by atoms with E-state index in [4.69, 9.17) is 0 Å². The Morgan fingerprint density at radius 2 is 1.94 bits per heavy atom. The van der Waals surface area contributed by atoms with Gasteiger partial charge in [0.2, 0.25) is 0 Å². The Morgan fingerprint density at radius 1 is 1.22 bits per heavy atom. The third kappa shape index (κ3) is 2.28. The van der Waals surface area contributed by atoms with Crippen molar-refractivity contribution in [3.8, 4) is 0 Å². The van der Waals surface area contributed by atoms with Crippen molar-refractivity contribution in [2.24, 2.45) is 0 Å². The highest BCUT2D eigenvalue weighted by Crippen LogP contribution is 2.32. The highest BCUT2D eigenvalue weighted by atomic mass is 32.1. The van der Waals surface area contributed by atoms with Gasteiger partial charge >= 0.3 is 0 Å². The van der Waals surface area contributed by atoms with Crippen molar-refractivity contribution in [1.82, 2.24) is 4.98 Å². The molecule has 1 aromatic carbocycles. The summed E-state index contributed by atoms with van der Waals surface area (Å²) in [6, 6.07) is 7.41. The molecule has 0 radical (unpaired) electrons. The van der Waals surface area contributed by atoms with Crippen LogP contribution in [0.1, 0.15) is 0 Å². The van der Waals surface area contributed by atoms with Crippen molar-refractivity contribution in [3.05, 3.63) is 35.8 Å². The number of nitrogens with one attached hydrogen (secondary N) is 1. The van der Waals surface area contributed by atoms with Crippen LogP contribution in [0.2, 0.25) is 0 Å². The summed E-state index contributed by atoms with van der Waals surface area (Å²) in [5.74, 6) is -2.53. The number of halogens is 2. The van der Waals surface area contributed by atoms with Gasteiger partial charge in [-0.2, -0.15) is 0 Å². The smallest absolute Gasteiger partial charge is 0.282 e. The van der Waals surface area contributed by atoms with E-state index in [1.807, 2.05) is 29.6 Å². The van der Waals surface area contributed by atoms with Crippen LogP contribution in [0, 0.1) is 0 Å². The molecule has 3 nitrogen and oxygen atoms in total. The fraction of sp³-hybridized carbons (Fsp3) is 0.250. The van der Waals surface area contributed by atoms with Crippen molar-refractivity contribution < 1.29 is 8.78 Å². The Labute approximate surface area is 107 Å². The Hall–Kier alpha value is -1.69. The second kappa shape index (κ2) is 4.20. The van der Waals surface area contributed by atoms with Gasteiger partial charge in [0.15, 0.2) is 5.13 Å². The Balaban J connectivity index is 1.66. The molecule has 1 aromatic heterocycles. The SMILES string of the molecule is FC1(F)CN(c2ccc(Nc3nccs3)cc2)C1. The molecule has 0 spiro atoms. The first-order chi connectivity index (χ1) is 8.62. The largest absolute Gasteiger partial charge is 0.359 e. The summed E-state index contributed by atoms with van der Waals surface area (Å²) in [5.41, 5.74) is 1.73. The predicted molar refractivity (Wildman–Crippen MR) is 69.0 cm³/mol. The number of nitrogens with zero attached hydrogens (tertiary/aromatic N) is 2. The topological polar surface area (TPSA) is 28.2 Å². The van der Waals surface area contributed by atoms with Gasteiger partial charge in [0, 0.05) is 23.0 Å². The number of hydrogen-bond donors (Lipinski definition) is 1. The predicted octanol–water partition coefficient (Wildman–Crippen LogP) is 3.34. The van der Waals surface area contributed by atoms with Crippen LogP contribution in [-0.2, 0) is 0 Å². The van der Waals surface area contributed by atoms with Gasteiger partial charge in [0.1, 0.15) is 0 Å². The first kappa shape index (κ1) is 11.4. The van der Waals surface area contributed by atoms with Gasteiger partial charge in [-0.3, -0.25) is 0 Å². The van der Waals surface area contributed by atoms with Crippen molar-refractivity contribution in [2.75, 3.05) is 23.3 Å². The van der Waals surface area contributed by atoms with Gasteiger partial charge in [-0.1, -0.05) is 0 Å². The molecule has 0 bridgehead atoms. The summed E-state index contributed by atoms with van der Waals surface area (Å²) in [5, 5.41) is 5.85. The number of rotatable bonds is 3. The molecule has 18 heavy (non-hydrogen) atoms. The lowest BCUT2D eigenvalue weighted by atomic mass is 10.1. The van der Waals surface area contributed by atoms with Crippen LogP contribution < -0.4 is 10.2 Å². The number of thiazole rings is 1. The van der Waals surface area contributed by atoms with Crippen LogP contribution in [0.4, 0.5) is 25.3 Å². The molecule has 1 saturated heterocycles. The molecular formula is C12H11F2N3S. The van der Waals surface area contributed by atoms with E-state index in [-0.39, 0.29) is 13.1 Å². The van der Waals surface area contributed by atoms with Gasteiger partial charge < -0.3 is 10.2 Å². The van der Waals surface area contributed by atoms with Crippen molar-refractivity contribution in [3.63, 3.8) is 0 Å². The Kier molecular flexibility index (Phi) is 2.66. The van der Waals surface area contributed by atoms with E-state index in [1.54, 1.807) is 11.1 Å². The summed E-state index contributed by atoms with van der Waals surface area (Å²) in [7, 11) is 0. The molecule has 3 rings (SSSR count). The summed E-state index contributed by atoms with van der Waals surface area (Å²) in [6.45, 7) is -0.376. The fourth-order valence-corrected chi connectivity index (χ4v) is 2.41. The zero-order chi connectivity index (χ0) is 12.6. The molecule has 1 N–H and O–H groups in total. The lowest BCUT2D eigenvalue weighted by Crippen LogP contribution is -2.56. The quantitative estimate of drug-likeness (QED) is 0.924. The van der Waals surface area contributed by atoms with Gasteiger partial charge in [-0.05, 0) is 24.3 Å². The Bertz CT molecular complexity index is 517. The van der Waals surface area contributed by atoms with Crippen LogP contribution in [0.15, 0.2) is 35.8 Å². The summed E-state index contributed by atoms with van der Waals surface area (Å²) < 4.78 is 25.5. The van der Waals surface area contributed by atoms with Crippen LogP contribution in [-0.4, -0.2) is 24.0 Å². The van der Waals surface area contributed by atoms with Gasteiger partial charge in [0.05, 0.1) is 13.1 Å². The molecular weight excluding hydrogens is 256 g/mol. The second-order valence-corrected chi connectivity index (χ2v) is 5.12. The van der Waals surface area contributed by atoms with E-state index in [0.29, 0.717) is 0 Å². The van der Waals surface area contributed by atoms with Crippen molar-refractivity contribution in [2.45, 2.75) is 5.92 Å². The van der Waals surface area contributed by atoms with E-state index in [0.717, 1.165) is 16.5 Å². The lowest BCUT2D eigenvalue weighted by Gasteiger charge is -2.40. The molecule has 1 aliphatic heterocycles. The summed E-state index contributed by atoms with van der Waals surface area (Å²) >= 11 is 1.51. The Morgan fingerprint density at radius 3 is 2.50 bits per heavy atom. The van der Waals surface area contributed by atoms with E-state index < -0.39 is 5.92 Å². The van der Waals surface area contributed by atoms with Crippen LogP contribution in [0.5, 0.6) is 0 Å². The highest BCUT2D eigenvalue weighted by Gasteiger charge is 2.43. The van der Waals surface area contributed by atoms with Gasteiger partial charge in [-0.15, -0.1) is 11.3 Å². The van der Waals surface area contributed by atoms with Crippen molar-refractivity contribution >= 4 is 27.8 Å². The molecule has 2 heterocycles. The third-order valence-electron chi connectivity index (χ3n) is 2.76. The monoisotopic (exact) mass is 267 g/mol. The first-order valence-corrected chi connectivity index (χ1v) is 6.40. The van der Waals surface area contributed by atoms with E-state index in [9.17, 15) is 8.78 Å². The molecule has 94 valence electrons. The van der Waals surface area contributed by atoms with E-state index >= 15 is 0 Å². The maximum Gasteiger partial charge on any atom is 0.282 e. The number of alkyl halides is 2. The molecule has 6 heteroatoms. The zero-order valence-electron chi connectivity index (χ0n) is 9.44.